The van der Waals surface area contributed by atoms with E-state index < -0.39 is 6.10 Å². The molecule has 1 unspecified atom stereocenters. The van der Waals surface area contributed by atoms with Crippen LogP contribution in [0.5, 0.6) is 5.75 Å². The molecular weight excluding hydrogens is 409 g/mol. The highest BCUT2D eigenvalue weighted by molar-refractivity contribution is 6.42. The molecule has 2 heterocycles. The molecule has 7 heteroatoms. The van der Waals surface area contributed by atoms with Crippen LogP contribution in [0.15, 0.2) is 42.7 Å². The van der Waals surface area contributed by atoms with Crippen LogP contribution in [0, 0.1) is 0 Å². The molecule has 0 bridgehead atoms. The largest absolute Gasteiger partial charge is 0.479 e. The van der Waals surface area contributed by atoms with Gasteiger partial charge < -0.3 is 14.5 Å². The van der Waals surface area contributed by atoms with Crippen LogP contribution in [0.4, 0.5) is 0 Å². The van der Waals surface area contributed by atoms with Crippen molar-refractivity contribution >= 4 is 29.1 Å². The minimum Gasteiger partial charge on any atom is -0.479 e. The lowest BCUT2D eigenvalue weighted by Crippen LogP contribution is -2.49. The smallest absolute Gasteiger partial charge is 0.263 e. The highest BCUT2D eigenvalue weighted by atomic mass is 35.5. The fraction of sp³-hybridized carbons (Fsp3) is 0.455. The van der Waals surface area contributed by atoms with Crippen LogP contribution in [0.2, 0.25) is 10.0 Å². The van der Waals surface area contributed by atoms with Gasteiger partial charge in [-0.15, -0.1) is 0 Å². The molecule has 1 aromatic heterocycles. The second kappa shape index (κ2) is 10.3. The first-order chi connectivity index (χ1) is 14.0. The SMILES string of the molecule is CC(Oc1cccc(Cl)c1Cl)C(=O)N(C)C1CCN(CCc2ccncc2)CC1. The molecule has 1 aliphatic rings. The summed E-state index contributed by atoms with van der Waals surface area (Å²) >= 11 is 12.2. The van der Waals surface area contributed by atoms with E-state index in [1.807, 2.05) is 24.3 Å². The maximum absolute atomic E-state index is 12.8. The molecule has 2 aromatic rings. The Morgan fingerprint density at radius 1 is 1.24 bits per heavy atom. The molecule has 3 rings (SSSR count). The number of nitrogens with zero attached hydrogens (tertiary/aromatic N) is 3. The minimum absolute atomic E-state index is 0.0451. The molecule has 1 saturated heterocycles. The summed E-state index contributed by atoms with van der Waals surface area (Å²) in [7, 11) is 1.86. The first-order valence-corrected chi connectivity index (χ1v) is 10.7. The van der Waals surface area contributed by atoms with Crippen molar-refractivity contribution in [3.8, 4) is 5.75 Å². The Balaban J connectivity index is 1.47. The van der Waals surface area contributed by atoms with E-state index in [0.717, 1.165) is 38.9 Å². The summed E-state index contributed by atoms with van der Waals surface area (Å²) in [4.78, 5) is 21.2. The van der Waals surface area contributed by atoms with E-state index >= 15 is 0 Å². The average Bonchev–Trinajstić information content (AvgIpc) is 2.75. The minimum atomic E-state index is -0.624. The van der Waals surface area contributed by atoms with E-state index in [4.69, 9.17) is 27.9 Å². The number of amides is 1. The lowest BCUT2D eigenvalue weighted by atomic mass is 10.0. The number of hydrogen-bond acceptors (Lipinski definition) is 4. The first-order valence-electron chi connectivity index (χ1n) is 9.94. The van der Waals surface area contributed by atoms with Gasteiger partial charge in [0.2, 0.25) is 0 Å². The molecule has 1 amide bonds. The lowest BCUT2D eigenvalue weighted by Gasteiger charge is -2.37. The predicted octanol–water partition coefficient (Wildman–Crippen LogP) is 4.32. The molecule has 29 heavy (non-hydrogen) atoms. The van der Waals surface area contributed by atoms with Crippen LogP contribution in [0.3, 0.4) is 0 Å². The molecule has 0 spiro atoms. The molecule has 5 nitrogen and oxygen atoms in total. The number of carbonyl (C=O) groups is 1. The van der Waals surface area contributed by atoms with Gasteiger partial charge in [-0.2, -0.15) is 0 Å². The third kappa shape index (κ3) is 5.84. The van der Waals surface area contributed by atoms with E-state index in [9.17, 15) is 4.79 Å². The number of halogens is 2. The van der Waals surface area contributed by atoms with Crippen molar-refractivity contribution < 1.29 is 9.53 Å². The molecule has 1 aliphatic heterocycles. The van der Waals surface area contributed by atoms with Crippen LogP contribution in [-0.2, 0) is 11.2 Å². The van der Waals surface area contributed by atoms with Crippen molar-refractivity contribution in [2.45, 2.75) is 38.3 Å². The zero-order valence-corrected chi connectivity index (χ0v) is 18.4. The summed E-state index contributed by atoms with van der Waals surface area (Å²) in [5, 5.41) is 0.746. The quantitative estimate of drug-likeness (QED) is 0.649. The number of piperidine rings is 1. The Morgan fingerprint density at radius 3 is 2.62 bits per heavy atom. The van der Waals surface area contributed by atoms with Crippen LogP contribution in [0.25, 0.3) is 0 Å². The fourth-order valence-corrected chi connectivity index (χ4v) is 3.99. The van der Waals surface area contributed by atoms with Crippen molar-refractivity contribution in [3.05, 3.63) is 58.3 Å². The molecule has 1 atom stereocenters. The number of ether oxygens (including phenoxy) is 1. The number of pyridine rings is 1. The van der Waals surface area contributed by atoms with Gasteiger partial charge in [0.25, 0.3) is 5.91 Å². The Bertz CT molecular complexity index is 811. The molecule has 0 saturated carbocycles. The second-order valence-electron chi connectivity index (χ2n) is 7.44. The number of hydrogen-bond donors (Lipinski definition) is 0. The first kappa shape index (κ1) is 21.9. The van der Waals surface area contributed by atoms with Gasteiger partial charge in [0, 0.05) is 45.1 Å². The number of rotatable bonds is 7. The van der Waals surface area contributed by atoms with E-state index in [-0.39, 0.29) is 11.9 Å². The third-order valence-electron chi connectivity index (χ3n) is 5.49. The number of likely N-dealkylation sites (tertiary alicyclic amines) is 1. The van der Waals surface area contributed by atoms with Crippen molar-refractivity contribution in [2.75, 3.05) is 26.7 Å². The lowest BCUT2D eigenvalue weighted by molar-refractivity contribution is -0.139. The molecule has 1 aromatic carbocycles. The summed E-state index contributed by atoms with van der Waals surface area (Å²) in [6, 6.07) is 9.52. The molecule has 1 fully saturated rings. The van der Waals surface area contributed by atoms with Crippen LogP contribution in [0.1, 0.15) is 25.3 Å². The Labute approximate surface area is 182 Å². The van der Waals surface area contributed by atoms with E-state index in [1.54, 1.807) is 25.1 Å². The highest BCUT2D eigenvalue weighted by Crippen LogP contribution is 2.32. The van der Waals surface area contributed by atoms with Crippen molar-refractivity contribution in [1.29, 1.82) is 0 Å². The fourth-order valence-electron chi connectivity index (χ4n) is 3.65. The number of aromatic nitrogens is 1. The number of benzene rings is 1. The normalized spacial score (nSPS) is 16.4. The van der Waals surface area contributed by atoms with Gasteiger partial charge in [-0.25, -0.2) is 0 Å². The molecule has 156 valence electrons. The number of carbonyl (C=O) groups excluding carboxylic acids is 1. The maximum Gasteiger partial charge on any atom is 0.263 e. The van der Waals surface area contributed by atoms with Crippen LogP contribution < -0.4 is 4.74 Å². The van der Waals surface area contributed by atoms with Gasteiger partial charge in [-0.1, -0.05) is 29.3 Å². The zero-order chi connectivity index (χ0) is 20.8. The summed E-state index contributed by atoms with van der Waals surface area (Å²) < 4.78 is 5.79. The van der Waals surface area contributed by atoms with Crippen LogP contribution >= 0.6 is 23.2 Å². The summed E-state index contributed by atoms with van der Waals surface area (Å²) in [5.74, 6) is 0.385. The zero-order valence-electron chi connectivity index (χ0n) is 16.9. The highest BCUT2D eigenvalue weighted by Gasteiger charge is 2.29. The predicted molar refractivity (Wildman–Crippen MR) is 117 cm³/mol. The second-order valence-corrected chi connectivity index (χ2v) is 8.22. The monoisotopic (exact) mass is 435 g/mol. The maximum atomic E-state index is 12.8. The average molecular weight is 436 g/mol. The van der Waals surface area contributed by atoms with Gasteiger partial charge >= 0.3 is 0 Å². The van der Waals surface area contributed by atoms with E-state index in [0.29, 0.717) is 15.8 Å². The Hall–Kier alpha value is -1.82. The van der Waals surface area contributed by atoms with Gasteiger partial charge in [0.1, 0.15) is 10.8 Å². The van der Waals surface area contributed by atoms with Crippen molar-refractivity contribution in [3.63, 3.8) is 0 Å². The van der Waals surface area contributed by atoms with Gasteiger partial charge in [0.05, 0.1) is 5.02 Å². The molecule has 0 N–H and O–H groups in total. The van der Waals surface area contributed by atoms with Gasteiger partial charge in [-0.05, 0) is 56.0 Å². The Kier molecular flexibility index (Phi) is 7.76. The van der Waals surface area contributed by atoms with Crippen molar-refractivity contribution in [2.24, 2.45) is 0 Å². The Morgan fingerprint density at radius 2 is 1.93 bits per heavy atom. The summed E-state index contributed by atoms with van der Waals surface area (Å²) in [5.41, 5.74) is 1.31. The standard InChI is InChI=1S/C22H27Cl2N3O2/c1-16(29-20-5-3-4-19(23)21(20)24)22(28)26(2)18-9-14-27(15-10-18)13-8-17-6-11-25-12-7-17/h3-7,11-12,16,18H,8-10,13-15H2,1-2H3. The molecule has 0 radical (unpaired) electrons. The summed E-state index contributed by atoms with van der Waals surface area (Å²) in [6.45, 7) is 4.76. The van der Waals surface area contributed by atoms with E-state index in [1.165, 1.54) is 5.56 Å². The third-order valence-corrected chi connectivity index (χ3v) is 6.29. The molecular formula is C22H27Cl2N3O2. The molecule has 0 aliphatic carbocycles. The van der Waals surface area contributed by atoms with Gasteiger partial charge in [0.15, 0.2) is 6.10 Å². The number of likely N-dealkylation sites (N-methyl/N-ethyl adjacent to an activating group) is 1. The van der Waals surface area contributed by atoms with Crippen LogP contribution in [-0.4, -0.2) is 59.5 Å². The summed E-state index contributed by atoms with van der Waals surface area (Å²) in [6.07, 6.45) is 5.99. The topological polar surface area (TPSA) is 45.7 Å². The van der Waals surface area contributed by atoms with Crippen molar-refractivity contribution in [1.82, 2.24) is 14.8 Å². The van der Waals surface area contributed by atoms with Gasteiger partial charge in [-0.3, -0.25) is 9.78 Å². The van der Waals surface area contributed by atoms with E-state index in [2.05, 4.69) is 22.0 Å².